The minimum absolute atomic E-state index is 0.0178. The van der Waals surface area contributed by atoms with Crippen LogP contribution >= 0.6 is 0 Å². The summed E-state index contributed by atoms with van der Waals surface area (Å²) in [5, 5.41) is 31.6. The highest BCUT2D eigenvalue weighted by molar-refractivity contribution is 5.91. The highest BCUT2D eigenvalue weighted by Crippen LogP contribution is 2.18. The fourth-order valence-corrected chi connectivity index (χ4v) is 3.58. The Labute approximate surface area is 219 Å². The van der Waals surface area contributed by atoms with E-state index in [1.54, 1.807) is 48.5 Å². The minimum atomic E-state index is -1.40. The molecule has 3 aromatic carbocycles. The van der Waals surface area contributed by atoms with Crippen LogP contribution in [-0.4, -0.2) is 46.0 Å². The van der Waals surface area contributed by atoms with E-state index >= 15 is 0 Å². The third-order valence-electron chi connectivity index (χ3n) is 5.53. The number of aliphatic carboxylic acids is 2. The third kappa shape index (κ3) is 9.30. The Kier molecular flexibility index (Phi) is 10.2. The lowest BCUT2D eigenvalue weighted by molar-refractivity contribution is -0.143. The molecule has 196 valence electrons. The molecule has 0 saturated heterocycles. The van der Waals surface area contributed by atoms with Crippen molar-refractivity contribution in [2.45, 2.75) is 37.8 Å². The standard InChI is InChI=1S/C28H28N4O6/c33-25(18-20-11-13-22(14-12-20)32-31-21-9-5-2-6-10-21)29-24(17-19-7-3-1-4-8-19)27(36)30-23(28(37)38)15-16-26(34)35/h1-14,23-24H,15-18H2,(H,29,33)(H,30,36)(H,34,35)(H,37,38)/t23-,24-/m0/s1. The fraction of sp³-hybridized carbons (Fsp3) is 0.214. The molecular weight excluding hydrogens is 488 g/mol. The second-order valence-corrected chi connectivity index (χ2v) is 8.52. The average Bonchev–Trinajstić information content (AvgIpc) is 2.91. The van der Waals surface area contributed by atoms with Crippen molar-refractivity contribution >= 4 is 35.1 Å². The van der Waals surface area contributed by atoms with Crippen molar-refractivity contribution in [2.75, 3.05) is 0 Å². The van der Waals surface area contributed by atoms with Gasteiger partial charge in [0.25, 0.3) is 0 Å². The molecule has 0 bridgehead atoms. The Hall–Kier alpha value is -4.86. The number of carboxylic acids is 2. The minimum Gasteiger partial charge on any atom is -0.481 e. The summed E-state index contributed by atoms with van der Waals surface area (Å²) >= 11 is 0. The fourth-order valence-electron chi connectivity index (χ4n) is 3.58. The van der Waals surface area contributed by atoms with Crippen LogP contribution in [0.1, 0.15) is 24.0 Å². The lowest BCUT2D eigenvalue weighted by atomic mass is 10.0. The number of carbonyl (C=O) groups is 4. The SMILES string of the molecule is O=C(O)CC[C@H](NC(=O)[C@H](Cc1ccccc1)NC(=O)Cc1ccc(N=Nc2ccccc2)cc1)C(=O)O. The van der Waals surface area contributed by atoms with Gasteiger partial charge in [-0.15, -0.1) is 0 Å². The first-order chi connectivity index (χ1) is 18.3. The number of azo groups is 1. The van der Waals surface area contributed by atoms with Crippen LogP contribution in [0, 0.1) is 0 Å². The normalized spacial score (nSPS) is 12.4. The van der Waals surface area contributed by atoms with Crippen molar-refractivity contribution in [3.05, 3.63) is 96.1 Å². The third-order valence-corrected chi connectivity index (χ3v) is 5.53. The number of nitrogens with zero attached hydrogens (tertiary/aromatic N) is 2. The summed E-state index contributed by atoms with van der Waals surface area (Å²) in [5.74, 6) is -3.67. The molecule has 0 heterocycles. The van der Waals surface area contributed by atoms with Gasteiger partial charge in [-0.2, -0.15) is 10.2 Å². The Bertz CT molecular complexity index is 1260. The molecule has 0 aliphatic rings. The number of hydrogen-bond acceptors (Lipinski definition) is 6. The van der Waals surface area contributed by atoms with Crippen LogP contribution in [0.25, 0.3) is 0 Å². The summed E-state index contributed by atoms with van der Waals surface area (Å²) in [4.78, 5) is 48.2. The number of carboxylic acid groups (broad SMARTS) is 2. The van der Waals surface area contributed by atoms with Gasteiger partial charge in [-0.25, -0.2) is 4.79 Å². The summed E-state index contributed by atoms with van der Waals surface area (Å²) < 4.78 is 0. The lowest BCUT2D eigenvalue weighted by Gasteiger charge is -2.21. The molecule has 0 saturated carbocycles. The highest BCUT2D eigenvalue weighted by atomic mass is 16.4. The molecule has 0 aromatic heterocycles. The summed E-state index contributed by atoms with van der Waals surface area (Å²) in [7, 11) is 0. The largest absolute Gasteiger partial charge is 0.481 e. The molecule has 0 aliphatic carbocycles. The van der Waals surface area contributed by atoms with E-state index in [0.717, 1.165) is 5.56 Å². The van der Waals surface area contributed by atoms with Gasteiger partial charge in [0.1, 0.15) is 12.1 Å². The first-order valence-corrected chi connectivity index (χ1v) is 11.9. The first-order valence-electron chi connectivity index (χ1n) is 11.9. The van der Waals surface area contributed by atoms with Crippen LogP contribution in [0.15, 0.2) is 95.2 Å². The maximum Gasteiger partial charge on any atom is 0.326 e. The van der Waals surface area contributed by atoms with E-state index in [1.165, 1.54) is 0 Å². The van der Waals surface area contributed by atoms with E-state index < -0.39 is 42.3 Å². The summed E-state index contributed by atoms with van der Waals surface area (Å²) in [6, 6.07) is 22.7. The van der Waals surface area contributed by atoms with Gasteiger partial charge in [-0.3, -0.25) is 14.4 Å². The molecule has 0 fully saturated rings. The number of nitrogens with one attached hydrogen (secondary N) is 2. The molecular formula is C28H28N4O6. The maximum atomic E-state index is 13.0. The van der Waals surface area contributed by atoms with Crippen molar-refractivity contribution in [1.82, 2.24) is 10.6 Å². The van der Waals surface area contributed by atoms with Crippen molar-refractivity contribution in [1.29, 1.82) is 0 Å². The van der Waals surface area contributed by atoms with E-state index in [1.807, 2.05) is 36.4 Å². The molecule has 3 aromatic rings. The van der Waals surface area contributed by atoms with Crippen molar-refractivity contribution < 1.29 is 29.4 Å². The van der Waals surface area contributed by atoms with Crippen molar-refractivity contribution in [2.24, 2.45) is 10.2 Å². The van der Waals surface area contributed by atoms with Crippen LogP contribution in [0.3, 0.4) is 0 Å². The van der Waals surface area contributed by atoms with Gasteiger partial charge in [-0.05, 0) is 41.8 Å². The van der Waals surface area contributed by atoms with Gasteiger partial charge < -0.3 is 20.8 Å². The van der Waals surface area contributed by atoms with Gasteiger partial charge in [-0.1, -0.05) is 60.7 Å². The summed E-state index contributed by atoms with van der Waals surface area (Å²) in [5.41, 5.74) is 2.77. The van der Waals surface area contributed by atoms with Crippen LogP contribution in [0.5, 0.6) is 0 Å². The zero-order chi connectivity index (χ0) is 27.3. The highest BCUT2D eigenvalue weighted by Gasteiger charge is 2.27. The van der Waals surface area contributed by atoms with Crippen LogP contribution < -0.4 is 10.6 Å². The van der Waals surface area contributed by atoms with Gasteiger partial charge in [0.15, 0.2) is 0 Å². The predicted molar refractivity (Wildman–Crippen MR) is 139 cm³/mol. The molecule has 3 rings (SSSR count). The van der Waals surface area contributed by atoms with Gasteiger partial charge >= 0.3 is 11.9 Å². The van der Waals surface area contributed by atoms with E-state index in [-0.39, 0.29) is 19.3 Å². The lowest BCUT2D eigenvalue weighted by Crippen LogP contribution is -2.52. The van der Waals surface area contributed by atoms with Gasteiger partial charge in [0.05, 0.1) is 17.8 Å². The molecule has 10 nitrogen and oxygen atoms in total. The summed E-state index contributed by atoms with van der Waals surface area (Å²) in [6.07, 6.45) is -0.594. The van der Waals surface area contributed by atoms with E-state index in [9.17, 15) is 24.3 Å². The summed E-state index contributed by atoms with van der Waals surface area (Å²) in [6.45, 7) is 0. The van der Waals surface area contributed by atoms with Crippen molar-refractivity contribution in [3.63, 3.8) is 0 Å². The van der Waals surface area contributed by atoms with E-state index in [0.29, 0.717) is 16.9 Å². The quantitative estimate of drug-likeness (QED) is 0.253. The number of carbonyl (C=O) groups excluding carboxylic acids is 2. The number of amides is 2. The second kappa shape index (κ2) is 14.0. The second-order valence-electron chi connectivity index (χ2n) is 8.52. The zero-order valence-electron chi connectivity index (χ0n) is 20.5. The van der Waals surface area contributed by atoms with Gasteiger partial charge in [0.2, 0.25) is 11.8 Å². The van der Waals surface area contributed by atoms with Crippen LogP contribution in [0.4, 0.5) is 11.4 Å². The monoisotopic (exact) mass is 516 g/mol. The predicted octanol–water partition coefficient (Wildman–Crippen LogP) is 3.81. The van der Waals surface area contributed by atoms with E-state index in [4.69, 9.17) is 5.11 Å². The zero-order valence-corrected chi connectivity index (χ0v) is 20.5. The Morgan fingerprint density at radius 3 is 1.84 bits per heavy atom. The maximum absolute atomic E-state index is 13.0. The average molecular weight is 517 g/mol. The molecule has 0 spiro atoms. The van der Waals surface area contributed by atoms with Gasteiger partial charge in [0, 0.05) is 12.8 Å². The first kappa shape index (κ1) is 27.7. The Morgan fingerprint density at radius 2 is 1.26 bits per heavy atom. The molecule has 10 heteroatoms. The van der Waals surface area contributed by atoms with Crippen LogP contribution in [-0.2, 0) is 32.0 Å². The Morgan fingerprint density at radius 1 is 0.684 bits per heavy atom. The molecule has 38 heavy (non-hydrogen) atoms. The topological polar surface area (TPSA) is 158 Å². The molecule has 0 aliphatic heterocycles. The molecule has 0 unspecified atom stereocenters. The number of benzene rings is 3. The molecule has 2 atom stereocenters. The molecule has 2 amide bonds. The number of hydrogen-bond donors (Lipinski definition) is 4. The number of rotatable bonds is 13. The molecule has 4 N–H and O–H groups in total. The van der Waals surface area contributed by atoms with Crippen LogP contribution in [0.2, 0.25) is 0 Å². The van der Waals surface area contributed by atoms with Crippen molar-refractivity contribution in [3.8, 4) is 0 Å². The Balaban J connectivity index is 1.65. The van der Waals surface area contributed by atoms with E-state index in [2.05, 4.69) is 20.9 Å². The molecule has 0 radical (unpaired) electrons. The smallest absolute Gasteiger partial charge is 0.326 e.